The van der Waals surface area contributed by atoms with Gasteiger partial charge in [-0.25, -0.2) is 0 Å². The summed E-state index contributed by atoms with van der Waals surface area (Å²) in [7, 11) is 0. The molecule has 0 saturated heterocycles. The summed E-state index contributed by atoms with van der Waals surface area (Å²) in [6, 6.07) is 0. The molecule has 0 heterocycles. The van der Waals surface area contributed by atoms with Gasteiger partial charge in [0.15, 0.2) is 0 Å². The molecule has 0 spiro atoms. The SMILES string of the molecule is C#C[C@H]1CC[C@H]2[C@@H]3CCC4=CC(O)=CC[C@]4(C)[C@H]3CC[C@]12C. The molecule has 4 rings (SSSR count). The summed E-state index contributed by atoms with van der Waals surface area (Å²) in [6.07, 6.45) is 18.6. The maximum Gasteiger partial charge on any atom is 0.111 e. The zero-order chi connectivity index (χ0) is 15.5. The van der Waals surface area contributed by atoms with Gasteiger partial charge < -0.3 is 5.11 Å². The van der Waals surface area contributed by atoms with Crippen molar-refractivity contribution in [3.63, 3.8) is 0 Å². The molecule has 0 unspecified atom stereocenters. The first-order valence-corrected chi connectivity index (χ1v) is 9.05. The molecule has 0 aliphatic heterocycles. The van der Waals surface area contributed by atoms with Gasteiger partial charge in [0.05, 0.1) is 0 Å². The van der Waals surface area contributed by atoms with Crippen molar-refractivity contribution in [1.82, 2.24) is 0 Å². The summed E-state index contributed by atoms with van der Waals surface area (Å²) in [5, 5.41) is 9.88. The second-order valence-corrected chi connectivity index (χ2v) is 8.68. The van der Waals surface area contributed by atoms with E-state index in [4.69, 9.17) is 6.42 Å². The Morgan fingerprint density at radius 1 is 1.18 bits per heavy atom. The topological polar surface area (TPSA) is 20.2 Å². The fourth-order valence-corrected chi connectivity index (χ4v) is 6.67. The van der Waals surface area contributed by atoms with Gasteiger partial charge in [-0.15, -0.1) is 12.3 Å². The normalized spacial score (nSPS) is 50.0. The quantitative estimate of drug-likeness (QED) is 0.605. The number of aliphatic hydroxyl groups is 1. The van der Waals surface area contributed by atoms with E-state index in [1.807, 2.05) is 6.08 Å². The fraction of sp³-hybridized carbons (Fsp3) is 0.714. The lowest BCUT2D eigenvalue weighted by atomic mass is 9.47. The average molecular weight is 296 g/mol. The number of hydrogen-bond acceptors (Lipinski definition) is 1. The molecule has 1 N–H and O–H groups in total. The van der Waals surface area contributed by atoms with Crippen LogP contribution in [-0.2, 0) is 0 Å². The van der Waals surface area contributed by atoms with Crippen molar-refractivity contribution >= 4 is 0 Å². The average Bonchev–Trinajstić information content (AvgIpc) is 2.84. The molecule has 0 aromatic rings. The minimum absolute atomic E-state index is 0.282. The highest BCUT2D eigenvalue weighted by Crippen LogP contribution is 2.66. The van der Waals surface area contributed by atoms with Crippen molar-refractivity contribution in [2.75, 3.05) is 0 Å². The van der Waals surface area contributed by atoms with Crippen LogP contribution in [0.15, 0.2) is 23.5 Å². The van der Waals surface area contributed by atoms with Crippen LogP contribution in [0.2, 0.25) is 0 Å². The monoisotopic (exact) mass is 296 g/mol. The van der Waals surface area contributed by atoms with Gasteiger partial charge in [-0.3, -0.25) is 0 Å². The summed E-state index contributed by atoms with van der Waals surface area (Å²) >= 11 is 0. The van der Waals surface area contributed by atoms with E-state index in [0.29, 0.717) is 17.1 Å². The van der Waals surface area contributed by atoms with Crippen molar-refractivity contribution in [2.24, 2.45) is 34.5 Å². The Kier molecular flexibility index (Phi) is 3.06. The highest BCUT2D eigenvalue weighted by Gasteiger charge is 2.58. The Labute approximate surface area is 134 Å². The van der Waals surface area contributed by atoms with Gasteiger partial charge in [0.1, 0.15) is 5.76 Å². The smallest absolute Gasteiger partial charge is 0.111 e. The predicted molar refractivity (Wildman–Crippen MR) is 90.1 cm³/mol. The number of terminal acetylenes is 1. The van der Waals surface area contributed by atoms with Crippen molar-refractivity contribution in [3.05, 3.63) is 23.5 Å². The van der Waals surface area contributed by atoms with E-state index < -0.39 is 0 Å². The van der Waals surface area contributed by atoms with Crippen molar-refractivity contribution in [2.45, 2.75) is 58.8 Å². The van der Waals surface area contributed by atoms with Gasteiger partial charge in [-0.1, -0.05) is 19.4 Å². The molecule has 3 saturated carbocycles. The zero-order valence-electron chi connectivity index (χ0n) is 13.9. The van der Waals surface area contributed by atoms with Crippen molar-refractivity contribution in [3.8, 4) is 12.3 Å². The molecule has 0 aromatic heterocycles. The van der Waals surface area contributed by atoms with Gasteiger partial charge in [-0.2, -0.15) is 0 Å². The number of fused-ring (bicyclic) bond motifs is 5. The van der Waals surface area contributed by atoms with E-state index in [1.54, 1.807) is 0 Å². The van der Waals surface area contributed by atoms with Crippen LogP contribution in [-0.4, -0.2) is 5.11 Å². The molecule has 0 amide bonds. The molecule has 1 heteroatoms. The molecule has 4 aliphatic rings. The molecular formula is C21H28O. The highest BCUT2D eigenvalue weighted by molar-refractivity contribution is 5.33. The molecule has 118 valence electrons. The Morgan fingerprint density at radius 3 is 2.77 bits per heavy atom. The maximum atomic E-state index is 9.88. The lowest BCUT2D eigenvalue weighted by molar-refractivity contribution is -0.0391. The summed E-state index contributed by atoms with van der Waals surface area (Å²) < 4.78 is 0. The first-order valence-electron chi connectivity index (χ1n) is 9.05. The third-order valence-corrected chi connectivity index (χ3v) is 7.99. The standard InChI is InChI=1S/C21H28O/c1-4-14-6-8-18-17-7-5-15-13-16(22)9-11-21(15,3)19(17)10-12-20(14,18)2/h1,9,13-14,17-19,22H,5-8,10-12H2,2-3H3/t14-,17-,18-,19-,20+,21-/m0/s1. The third-order valence-electron chi connectivity index (χ3n) is 7.99. The largest absolute Gasteiger partial charge is 0.508 e. The summed E-state index contributed by atoms with van der Waals surface area (Å²) in [6.45, 7) is 4.93. The predicted octanol–water partition coefficient (Wildman–Crippen LogP) is 5.25. The van der Waals surface area contributed by atoms with Crippen LogP contribution in [0.1, 0.15) is 58.8 Å². The van der Waals surface area contributed by atoms with Gasteiger partial charge in [-0.05, 0) is 85.7 Å². The molecule has 3 fully saturated rings. The number of hydrogen-bond donors (Lipinski definition) is 1. The fourth-order valence-electron chi connectivity index (χ4n) is 6.67. The molecule has 0 bridgehead atoms. The number of aliphatic hydroxyl groups excluding tert-OH is 1. The highest BCUT2D eigenvalue weighted by atomic mass is 16.3. The molecule has 6 atom stereocenters. The minimum atomic E-state index is 0.282. The Hall–Kier alpha value is -1.16. The van der Waals surface area contributed by atoms with Crippen molar-refractivity contribution < 1.29 is 5.11 Å². The van der Waals surface area contributed by atoms with E-state index in [0.717, 1.165) is 24.2 Å². The summed E-state index contributed by atoms with van der Waals surface area (Å²) in [5.41, 5.74) is 2.18. The van der Waals surface area contributed by atoms with E-state index in [9.17, 15) is 5.11 Å². The third kappa shape index (κ3) is 1.73. The molecular weight excluding hydrogens is 268 g/mol. The van der Waals surface area contributed by atoms with Gasteiger partial charge in [0, 0.05) is 5.92 Å². The van der Waals surface area contributed by atoms with E-state index in [2.05, 4.69) is 25.8 Å². The summed E-state index contributed by atoms with van der Waals surface area (Å²) in [5.74, 6) is 6.55. The van der Waals surface area contributed by atoms with Gasteiger partial charge >= 0.3 is 0 Å². The van der Waals surface area contributed by atoms with Crippen LogP contribution in [0.4, 0.5) is 0 Å². The molecule has 22 heavy (non-hydrogen) atoms. The minimum Gasteiger partial charge on any atom is -0.508 e. The molecule has 0 radical (unpaired) electrons. The summed E-state index contributed by atoms with van der Waals surface area (Å²) in [4.78, 5) is 0. The van der Waals surface area contributed by atoms with Gasteiger partial charge in [0.2, 0.25) is 0 Å². The second kappa shape index (κ2) is 4.67. The first-order chi connectivity index (χ1) is 10.5. The first kappa shape index (κ1) is 14.4. The van der Waals surface area contributed by atoms with E-state index in [1.165, 1.54) is 44.1 Å². The number of allylic oxidation sites excluding steroid dienone is 3. The van der Waals surface area contributed by atoms with Crippen LogP contribution in [0.3, 0.4) is 0 Å². The van der Waals surface area contributed by atoms with E-state index in [-0.39, 0.29) is 5.41 Å². The van der Waals surface area contributed by atoms with Gasteiger partial charge in [0.25, 0.3) is 0 Å². The Bertz CT molecular complexity index is 592. The van der Waals surface area contributed by atoms with E-state index >= 15 is 0 Å². The van der Waals surface area contributed by atoms with Crippen LogP contribution < -0.4 is 0 Å². The van der Waals surface area contributed by atoms with Crippen LogP contribution in [0.5, 0.6) is 0 Å². The molecule has 4 aliphatic carbocycles. The molecule has 0 aromatic carbocycles. The maximum absolute atomic E-state index is 9.88. The second-order valence-electron chi connectivity index (χ2n) is 8.68. The lowest BCUT2D eigenvalue weighted by Crippen LogP contribution is -2.49. The Morgan fingerprint density at radius 2 is 2.00 bits per heavy atom. The van der Waals surface area contributed by atoms with Crippen LogP contribution >= 0.6 is 0 Å². The Balaban J connectivity index is 1.68. The lowest BCUT2D eigenvalue weighted by Gasteiger charge is -2.57. The van der Waals surface area contributed by atoms with Crippen LogP contribution in [0.25, 0.3) is 0 Å². The zero-order valence-corrected chi connectivity index (χ0v) is 13.9. The molecule has 1 nitrogen and oxygen atoms in total. The van der Waals surface area contributed by atoms with Crippen LogP contribution in [0, 0.1) is 46.8 Å². The van der Waals surface area contributed by atoms with Crippen molar-refractivity contribution in [1.29, 1.82) is 0 Å². The number of rotatable bonds is 0.